The minimum atomic E-state index is -3.21. The lowest BCUT2D eigenvalue weighted by Crippen LogP contribution is -2.10. The summed E-state index contributed by atoms with van der Waals surface area (Å²) in [5.74, 6) is 2.47. The predicted molar refractivity (Wildman–Crippen MR) is 95.6 cm³/mol. The van der Waals surface area contributed by atoms with Gasteiger partial charge in [-0.25, -0.2) is 8.42 Å². The molecule has 0 radical (unpaired) electrons. The number of sulfone groups is 1. The molecule has 1 unspecified atom stereocenters. The number of Topliss-reactive ketones (excluding diaryl/α,β-unsaturated/α-hetero) is 1. The van der Waals surface area contributed by atoms with Crippen molar-refractivity contribution in [1.82, 2.24) is 0 Å². The number of ether oxygens (including phenoxy) is 1. The summed E-state index contributed by atoms with van der Waals surface area (Å²) in [7, 11) is -3.21. The highest BCUT2D eigenvalue weighted by Gasteiger charge is 2.29. The van der Waals surface area contributed by atoms with Gasteiger partial charge < -0.3 is 4.74 Å². The van der Waals surface area contributed by atoms with Crippen LogP contribution in [-0.2, 0) is 21.1 Å². The fraction of sp³-hybridized carbons (Fsp3) is 0.278. The van der Waals surface area contributed by atoms with Crippen LogP contribution in [0.3, 0.4) is 0 Å². The molecule has 0 aromatic heterocycles. The van der Waals surface area contributed by atoms with E-state index in [1.165, 1.54) is 0 Å². The van der Waals surface area contributed by atoms with Crippen molar-refractivity contribution < 1.29 is 17.9 Å². The Bertz CT molecular complexity index is 820. The zero-order chi connectivity index (χ0) is 17.2. The second kappa shape index (κ2) is 6.99. The Hall–Kier alpha value is -1.79. The van der Waals surface area contributed by atoms with Crippen LogP contribution in [0, 0.1) is 0 Å². The van der Waals surface area contributed by atoms with Gasteiger partial charge in [0, 0.05) is 17.4 Å². The first kappa shape index (κ1) is 17.0. The highest BCUT2D eigenvalue weighted by Crippen LogP contribution is 2.33. The van der Waals surface area contributed by atoms with Crippen LogP contribution in [0.5, 0.6) is 11.5 Å². The molecule has 1 aliphatic heterocycles. The maximum Gasteiger partial charge on any atom is 0.179 e. The van der Waals surface area contributed by atoms with Crippen molar-refractivity contribution in [3.63, 3.8) is 0 Å². The standard InChI is InChI=1S/C18H18O4S2/c1-13(19)10-14-2-4-15(5-3-14)22-16-6-8-18(9-7-16)24(20,21)12-17-11-23-17/h2-9,17H,10-12H2,1H3. The van der Waals surface area contributed by atoms with E-state index in [-0.39, 0.29) is 16.8 Å². The molecule has 1 saturated heterocycles. The lowest BCUT2D eigenvalue weighted by atomic mass is 10.1. The van der Waals surface area contributed by atoms with E-state index in [2.05, 4.69) is 0 Å². The third-order valence-corrected chi connectivity index (χ3v) is 6.62. The van der Waals surface area contributed by atoms with Gasteiger partial charge in [-0.1, -0.05) is 12.1 Å². The first-order chi connectivity index (χ1) is 11.4. The number of benzene rings is 2. The van der Waals surface area contributed by atoms with Crippen molar-refractivity contribution in [3.8, 4) is 11.5 Å². The molecule has 0 N–H and O–H groups in total. The van der Waals surface area contributed by atoms with Crippen LogP contribution in [0.15, 0.2) is 53.4 Å². The van der Waals surface area contributed by atoms with Crippen LogP contribution >= 0.6 is 11.8 Å². The summed E-state index contributed by atoms with van der Waals surface area (Å²) in [5, 5.41) is 0.249. The second-order valence-corrected chi connectivity index (χ2v) is 9.20. The summed E-state index contributed by atoms with van der Waals surface area (Å²) < 4.78 is 30.1. The van der Waals surface area contributed by atoms with Gasteiger partial charge in [-0.2, -0.15) is 11.8 Å². The monoisotopic (exact) mass is 362 g/mol. The first-order valence-electron chi connectivity index (χ1n) is 7.63. The Morgan fingerprint density at radius 3 is 2.12 bits per heavy atom. The molecule has 0 amide bonds. The van der Waals surface area contributed by atoms with E-state index in [0.29, 0.717) is 22.8 Å². The van der Waals surface area contributed by atoms with E-state index in [4.69, 9.17) is 4.74 Å². The van der Waals surface area contributed by atoms with Crippen LogP contribution < -0.4 is 4.74 Å². The number of carbonyl (C=O) groups is 1. The summed E-state index contributed by atoms with van der Waals surface area (Å²) >= 11 is 1.67. The smallest absolute Gasteiger partial charge is 0.179 e. The third-order valence-electron chi connectivity index (χ3n) is 3.60. The van der Waals surface area contributed by atoms with Crippen molar-refractivity contribution >= 4 is 27.4 Å². The van der Waals surface area contributed by atoms with Crippen LogP contribution in [0.1, 0.15) is 12.5 Å². The van der Waals surface area contributed by atoms with Gasteiger partial charge in [-0.05, 0) is 48.9 Å². The zero-order valence-corrected chi connectivity index (χ0v) is 14.9. The predicted octanol–water partition coefficient (Wildman–Crippen LogP) is 3.50. The molecule has 24 heavy (non-hydrogen) atoms. The minimum Gasteiger partial charge on any atom is -0.457 e. The van der Waals surface area contributed by atoms with E-state index >= 15 is 0 Å². The maximum absolute atomic E-state index is 12.2. The first-order valence-corrected chi connectivity index (χ1v) is 10.3. The third kappa shape index (κ3) is 4.61. The van der Waals surface area contributed by atoms with E-state index in [9.17, 15) is 13.2 Å². The molecule has 1 aliphatic rings. The van der Waals surface area contributed by atoms with Crippen molar-refractivity contribution in [2.75, 3.05) is 11.5 Å². The van der Waals surface area contributed by atoms with Gasteiger partial charge in [0.15, 0.2) is 9.84 Å². The number of thioether (sulfide) groups is 1. The summed E-state index contributed by atoms with van der Waals surface area (Å²) in [5.41, 5.74) is 0.939. The minimum absolute atomic E-state index is 0.116. The lowest BCUT2D eigenvalue weighted by Gasteiger charge is -2.08. The molecule has 126 valence electrons. The normalized spacial score (nSPS) is 16.6. The average Bonchev–Trinajstić information content (AvgIpc) is 3.33. The Labute approximate surface area is 146 Å². The zero-order valence-electron chi connectivity index (χ0n) is 13.3. The average molecular weight is 362 g/mol. The van der Waals surface area contributed by atoms with Gasteiger partial charge in [-0.15, -0.1) is 0 Å². The van der Waals surface area contributed by atoms with E-state index in [1.807, 2.05) is 12.1 Å². The van der Waals surface area contributed by atoms with Crippen LogP contribution in [0.25, 0.3) is 0 Å². The van der Waals surface area contributed by atoms with Crippen molar-refractivity contribution in [2.45, 2.75) is 23.5 Å². The molecule has 6 heteroatoms. The topological polar surface area (TPSA) is 60.4 Å². The highest BCUT2D eigenvalue weighted by molar-refractivity contribution is 8.08. The molecular formula is C18H18O4S2. The Kier molecular flexibility index (Phi) is 4.96. The number of hydrogen-bond donors (Lipinski definition) is 0. The summed E-state index contributed by atoms with van der Waals surface area (Å²) in [4.78, 5) is 11.4. The second-order valence-electron chi connectivity index (χ2n) is 5.83. The lowest BCUT2D eigenvalue weighted by molar-refractivity contribution is -0.116. The Morgan fingerprint density at radius 2 is 1.62 bits per heavy atom. The SMILES string of the molecule is CC(=O)Cc1ccc(Oc2ccc(S(=O)(=O)CC3CS3)cc2)cc1. The molecule has 1 fully saturated rings. The number of hydrogen-bond acceptors (Lipinski definition) is 5. The van der Waals surface area contributed by atoms with Crippen LogP contribution in [0.2, 0.25) is 0 Å². The molecule has 0 aliphatic carbocycles. The van der Waals surface area contributed by atoms with Crippen molar-refractivity contribution in [3.05, 3.63) is 54.1 Å². The Morgan fingerprint density at radius 1 is 1.08 bits per heavy atom. The molecule has 2 aromatic rings. The summed E-state index contributed by atoms with van der Waals surface area (Å²) in [6, 6.07) is 13.8. The number of ketones is 1. The van der Waals surface area contributed by atoms with Gasteiger partial charge in [0.2, 0.25) is 0 Å². The van der Waals surface area contributed by atoms with E-state index in [1.54, 1.807) is 55.1 Å². The van der Waals surface area contributed by atoms with Gasteiger partial charge in [0.1, 0.15) is 17.3 Å². The number of rotatable bonds is 7. The van der Waals surface area contributed by atoms with Crippen molar-refractivity contribution in [1.29, 1.82) is 0 Å². The molecule has 2 aromatic carbocycles. The van der Waals surface area contributed by atoms with Gasteiger partial charge >= 0.3 is 0 Å². The van der Waals surface area contributed by atoms with E-state index in [0.717, 1.165) is 11.3 Å². The highest BCUT2D eigenvalue weighted by atomic mass is 32.2. The van der Waals surface area contributed by atoms with Crippen LogP contribution in [0.4, 0.5) is 0 Å². The Balaban J connectivity index is 1.66. The molecule has 3 rings (SSSR count). The largest absolute Gasteiger partial charge is 0.457 e. The molecule has 0 bridgehead atoms. The molecular weight excluding hydrogens is 344 g/mol. The summed E-state index contributed by atoms with van der Waals surface area (Å²) in [6.07, 6.45) is 0.409. The molecule has 0 saturated carbocycles. The van der Waals surface area contributed by atoms with Crippen molar-refractivity contribution in [2.24, 2.45) is 0 Å². The fourth-order valence-corrected chi connectivity index (χ4v) is 5.00. The molecule has 1 atom stereocenters. The maximum atomic E-state index is 12.2. The van der Waals surface area contributed by atoms with Crippen LogP contribution in [-0.4, -0.2) is 31.0 Å². The van der Waals surface area contributed by atoms with E-state index < -0.39 is 9.84 Å². The molecule has 0 spiro atoms. The fourth-order valence-electron chi connectivity index (χ4n) is 2.32. The summed E-state index contributed by atoms with van der Waals surface area (Å²) in [6.45, 7) is 1.56. The number of carbonyl (C=O) groups excluding carboxylic acids is 1. The molecule has 1 heterocycles. The quantitative estimate of drug-likeness (QED) is 0.706. The van der Waals surface area contributed by atoms with Gasteiger partial charge in [0.25, 0.3) is 0 Å². The van der Waals surface area contributed by atoms with Gasteiger partial charge in [0.05, 0.1) is 10.6 Å². The van der Waals surface area contributed by atoms with Gasteiger partial charge in [-0.3, -0.25) is 4.79 Å². The molecule has 4 nitrogen and oxygen atoms in total.